The molecule has 2 aromatic carbocycles. The molecule has 3 N–H and O–H groups in total. The number of alkyl halides is 3. The molecule has 0 bridgehead atoms. The molecule has 0 saturated heterocycles. The smallest absolute Gasteiger partial charge is 0.475 e. The number of amides is 1. The zero-order valence-electron chi connectivity index (χ0n) is 21.9. The van der Waals surface area contributed by atoms with Crippen molar-refractivity contribution in [2.24, 2.45) is 10.7 Å². The number of guanidine groups is 1. The number of carboxylic acid groups (broad SMARTS) is 1. The molecular weight excluding hydrogens is 487 g/mol. The van der Waals surface area contributed by atoms with Crippen molar-refractivity contribution in [1.82, 2.24) is 4.90 Å². The van der Waals surface area contributed by atoms with Crippen LogP contribution in [0.4, 0.5) is 18.0 Å². The first-order chi connectivity index (χ1) is 16.9. The van der Waals surface area contributed by atoms with Crippen molar-refractivity contribution in [2.45, 2.75) is 71.7 Å². The molecule has 0 atom stereocenters. The number of carbonyl (C=O) groups excluding carboxylic acids is 1. The van der Waals surface area contributed by atoms with E-state index < -0.39 is 23.8 Å². The molecule has 202 valence electrons. The first-order valence-corrected chi connectivity index (χ1v) is 11.7. The molecule has 1 amide bonds. The van der Waals surface area contributed by atoms with Gasteiger partial charge in [0, 0.05) is 13.1 Å². The van der Waals surface area contributed by atoms with Crippen LogP contribution in [0.1, 0.15) is 58.2 Å². The van der Waals surface area contributed by atoms with Gasteiger partial charge in [0.15, 0.2) is 0 Å². The van der Waals surface area contributed by atoms with Crippen molar-refractivity contribution in [2.75, 3.05) is 6.54 Å². The van der Waals surface area contributed by atoms with E-state index in [0.29, 0.717) is 6.54 Å². The minimum Gasteiger partial charge on any atom is -0.475 e. The van der Waals surface area contributed by atoms with Crippen molar-refractivity contribution >= 4 is 18.0 Å². The Morgan fingerprint density at radius 3 is 1.97 bits per heavy atom. The van der Waals surface area contributed by atoms with Gasteiger partial charge < -0.3 is 20.5 Å². The fraction of sp³-hybridized carbons (Fsp3) is 0.444. The number of ether oxygens (including phenoxy) is 1. The first kappa shape index (κ1) is 29.7. The van der Waals surface area contributed by atoms with Crippen LogP contribution in [0, 0.1) is 0 Å². The van der Waals surface area contributed by atoms with Crippen LogP contribution < -0.4 is 5.73 Å². The van der Waals surface area contributed by atoms with Gasteiger partial charge >= 0.3 is 18.2 Å². The van der Waals surface area contributed by atoms with Crippen LogP contribution in [-0.4, -0.2) is 46.4 Å². The average molecular weight is 522 g/mol. The number of carboxylic acids is 1. The van der Waals surface area contributed by atoms with Gasteiger partial charge in [-0.2, -0.15) is 13.2 Å². The van der Waals surface area contributed by atoms with E-state index in [4.69, 9.17) is 20.4 Å². The van der Waals surface area contributed by atoms with Crippen LogP contribution >= 0.6 is 0 Å². The van der Waals surface area contributed by atoms with Crippen molar-refractivity contribution < 1.29 is 32.6 Å². The zero-order chi connectivity index (χ0) is 28.2. The fourth-order valence-electron chi connectivity index (χ4n) is 3.54. The number of hydrogen-bond donors (Lipinski definition) is 2. The monoisotopic (exact) mass is 521 g/mol. The van der Waals surface area contributed by atoms with Crippen LogP contribution in [0.15, 0.2) is 47.5 Å². The number of aliphatic imine (C=N–C) groups is 1. The van der Waals surface area contributed by atoms with Crippen LogP contribution in [-0.2, 0) is 27.9 Å². The maximum atomic E-state index is 12.0. The van der Waals surface area contributed by atoms with Crippen molar-refractivity contribution in [3.63, 3.8) is 0 Å². The number of carbonyl (C=O) groups is 2. The highest BCUT2D eigenvalue weighted by atomic mass is 19.4. The fourth-order valence-corrected chi connectivity index (χ4v) is 3.54. The van der Waals surface area contributed by atoms with Gasteiger partial charge in [-0.25, -0.2) is 9.59 Å². The molecule has 7 nitrogen and oxygen atoms in total. The molecule has 0 spiro atoms. The Morgan fingerprint density at radius 2 is 1.49 bits per heavy atom. The number of nitrogens with two attached hydrogens (primary N) is 1. The molecule has 0 fully saturated rings. The third-order valence-corrected chi connectivity index (χ3v) is 5.47. The molecule has 0 radical (unpaired) electrons. The second kappa shape index (κ2) is 11.2. The van der Waals surface area contributed by atoms with Gasteiger partial charge in [-0.15, -0.1) is 4.99 Å². The third kappa shape index (κ3) is 9.11. The van der Waals surface area contributed by atoms with Gasteiger partial charge in [-0.05, 0) is 66.5 Å². The highest BCUT2D eigenvalue weighted by molar-refractivity contribution is 5.89. The lowest BCUT2D eigenvalue weighted by Crippen LogP contribution is -2.41. The maximum absolute atomic E-state index is 12.0. The molecule has 0 aliphatic carbocycles. The standard InChI is InChI=1S/C25H33N3O2.C2HF3O2/c1-24(2,3)21-11-9-17(10-12-21)19-8-7-18-13-14-28(16-20(18)15-19)22(26)27-23(29)30-25(4,5)6;3-2(4,5)1(6)7/h7-12,15H,13-14,16H2,1-6H3,(H2,26,27,29);(H,6,7). The lowest BCUT2D eigenvalue weighted by atomic mass is 9.86. The topological polar surface area (TPSA) is 105 Å². The summed E-state index contributed by atoms with van der Waals surface area (Å²) in [4.78, 5) is 26.7. The molecule has 37 heavy (non-hydrogen) atoms. The Bertz CT molecular complexity index is 1150. The number of rotatable bonds is 1. The van der Waals surface area contributed by atoms with Gasteiger partial charge in [0.25, 0.3) is 0 Å². The molecule has 1 aliphatic heterocycles. The molecule has 1 aliphatic rings. The predicted octanol–water partition coefficient (Wildman–Crippen LogP) is 5.89. The van der Waals surface area contributed by atoms with E-state index in [1.54, 1.807) is 0 Å². The Morgan fingerprint density at radius 1 is 0.946 bits per heavy atom. The highest BCUT2D eigenvalue weighted by Crippen LogP contribution is 2.29. The van der Waals surface area contributed by atoms with E-state index in [9.17, 15) is 18.0 Å². The second-order valence-corrected chi connectivity index (χ2v) is 10.7. The molecule has 0 unspecified atom stereocenters. The molecule has 0 saturated carbocycles. The van der Waals surface area contributed by atoms with Gasteiger partial charge in [-0.1, -0.05) is 57.2 Å². The summed E-state index contributed by atoms with van der Waals surface area (Å²) >= 11 is 0. The first-order valence-electron chi connectivity index (χ1n) is 11.7. The Labute approximate surface area is 215 Å². The summed E-state index contributed by atoms with van der Waals surface area (Å²) in [6.45, 7) is 13.4. The Hall–Kier alpha value is -3.56. The Kier molecular flexibility index (Phi) is 9.00. The minimum absolute atomic E-state index is 0.139. The van der Waals surface area contributed by atoms with Crippen LogP contribution in [0.3, 0.4) is 0 Å². The maximum Gasteiger partial charge on any atom is 0.490 e. The summed E-state index contributed by atoms with van der Waals surface area (Å²) in [5.74, 6) is -2.55. The lowest BCUT2D eigenvalue weighted by Gasteiger charge is -2.30. The SMILES string of the molecule is CC(C)(C)OC(=O)/N=C(\N)N1CCc2ccc(-c3ccc(C(C)(C)C)cc3)cc2C1.O=C(O)C(F)(F)F. The summed E-state index contributed by atoms with van der Waals surface area (Å²) in [6, 6.07) is 15.4. The van der Waals surface area contributed by atoms with E-state index in [1.807, 2.05) is 25.7 Å². The average Bonchev–Trinajstić information content (AvgIpc) is 2.76. The number of hydrogen-bond acceptors (Lipinski definition) is 3. The van der Waals surface area contributed by atoms with E-state index in [0.717, 1.165) is 13.0 Å². The lowest BCUT2D eigenvalue weighted by molar-refractivity contribution is -0.192. The summed E-state index contributed by atoms with van der Waals surface area (Å²) < 4.78 is 37.0. The Balaban J connectivity index is 0.000000604. The van der Waals surface area contributed by atoms with Crippen LogP contribution in [0.5, 0.6) is 0 Å². The molecule has 10 heteroatoms. The summed E-state index contributed by atoms with van der Waals surface area (Å²) in [6.07, 6.45) is -4.87. The number of benzene rings is 2. The normalized spacial score (nSPS) is 14.3. The van der Waals surface area contributed by atoms with E-state index in [-0.39, 0.29) is 11.4 Å². The van der Waals surface area contributed by atoms with E-state index in [2.05, 4.69) is 68.2 Å². The molecule has 1 heterocycles. The predicted molar refractivity (Wildman–Crippen MR) is 136 cm³/mol. The van der Waals surface area contributed by atoms with Crippen LogP contribution in [0.2, 0.25) is 0 Å². The van der Waals surface area contributed by atoms with Crippen molar-refractivity contribution in [3.05, 3.63) is 59.2 Å². The number of halogens is 3. The van der Waals surface area contributed by atoms with Crippen LogP contribution in [0.25, 0.3) is 11.1 Å². The summed E-state index contributed by atoms with van der Waals surface area (Å²) in [5.41, 5.74) is 11.9. The van der Waals surface area contributed by atoms with E-state index in [1.165, 1.54) is 27.8 Å². The van der Waals surface area contributed by atoms with Gasteiger partial charge in [0.1, 0.15) is 5.60 Å². The van der Waals surface area contributed by atoms with Gasteiger partial charge in [-0.3, -0.25) is 0 Å². The highest BCUT2D eigenvalue weighted by Gasteiger charge is 2.38. The van der Waals surface area contributed by atoms with Crippen molar-refractivity contribution in [1.29, 1.82) is 0 Å². The molecule has 0 aromatic heterocycles. The largest absolute Gasteiger partial charge is 0.490 e. The minimum atomic E-state index is -5.08. The molecular formula is C27H34F3N3O4. The number of aliphatic carboxylic acids is 1. The number of fused-ring (bicyclic) bond motifs is 1. The van der Waals surface area contributed by atoms with Gasteiger partial charge in [0.2, 0.25) is 5.96 Å². The van der Waals surface area contributed by atoms with E-state index >= 15 is 0 Å². The summed E-state index contributed by atoms with van der Waals surface area (Å²) in [7, 11) is 0. The second-order valence-electron chi connectivity index (χ2n) is 10.7. The van der Waals surface area contributed by atoms with Crippen molar-refractivity contribution in [3.8, 4) is 11.1 Å². The van der Waals surface area contributed by atoms with Gasteiger partial charge in [0.05, 0.1) is 0 Å². The molecule has 3 rings (SSSR count). The zero-order valence-corrected chi connectivity index (χ0v) is 21.9. The summed E-state index contributed by atoms with van der Waals surface area (Å²) in [5, 5.41) is 7.12. The molecule has 2 aromatic rings. The third-order valence-electron chi connectivity index (χ3n) is 5.47. The quantitative estimate of drug-likeness (QED) is 0.358. The number of nitrogens with zero attached hydrogens (tertiary/aromatic N) is 2.